The maximum atomic E-state index is 13.3. The number of carbonyl (C=O) groups is 1. The molecule has 1 heterocycles. The lowest BCUT2D eigenvalue weighted by atomic mass is 9.98. The number of nitrogens with zero attached hydrogens (tertiary/aromatic N) is 1. The third-order valence-electron chi connectivity index (χ3n) is 4.24. The Morgan fingerprint density at radius 1 is 1.45 bits per heavy atom. The van der Waals surface area contributed by atoms with E-state index in [1.807, 2.05) is 13.8 Å². The Morgan fingerprint density at radius 3 is 2.82 bits per heavy atom. The number of carbonyl (C=O) groups excluding carboxylic acids is 1. The fourth-order valence-electron chi connectivity index (χ4n) is 2.47. The normalized spacial score (nSPS) is 21.5. The molecule has 4 nitrogen and oxygen atoms in total. The lowest BCUT2D eigenvalue weighted by molar-refractivity contribution is -0.141. The summed E-state index contributed by atoms with van der Waals surface area (Å²) in [6.07, 6.45) is 0.362. The maximum absolute atomic E-state index is 13.3. The second-order valence-electron chi connectivity index (χ2n) is 5.73. The van der Waals surface area contributed by atoms with Crippen LogP contribution in [0.25, 0.3) is 0 Å². The highest BCUT2D eigenvalue weighted by Gasteiger charge is 2.30. The van der Waals surface area contributed by atoms with Crippen LogP contribution >= 0.6 is 0 Å². The fourth-order valence-corrected chi connectivity index (χ4v) is 2.47. The van der Waals surface area contributed by atoms with Crippen molar-refractivity contribution in [2.24, 2.45) is 11.7 Å². The molecule has 1 aromatic rings. The first-order valence-electron chi connectivity index (χ1n) is 7.55. The minimum Gasteiger partial charge on any atom is -0.370 e. The first-order chi connectivity index (χ1) is 10.4. The Labute approximate surface area is 129 Å². The van der Waals surface area contributed by atoms with Gasteiger partial charge >= 0.3 is 0 Å². The average Bonchev–Trinajstić information content (AvgIpc) is 2.55. The summed E-state index contributed by atoms with van der Waals surface area (Å²) in [6, 6.07) is 3.11. The van der Waals surface area contributed by atoms with Crippen molar-refractivity contribution in [2.45, 2.75) is 32.4 Å². The second-order valence-corrected chi connectivity index (χ2v) is 5.73. The van der Waals surface area contributed by atoms with E-state index in [1.54, 1.807) is 4.90 Å². The van der Waals surface area contributed by atoms with Gasteiger partial charge in [-0.1, -0.05) is 26.3 Å². The summed E-state index contributed by atoms with van der Waals surface area (Å²) in [6.45, 7) is 5.04. The van der Waals surface area contributed by atoms with Crippen LogP contribution in [-0.4, -0.2) is 36.5 Å². The predicted octanol–water partition coefficient (Wildman–Crippen LogP) is 2.24. The molecule has 0 aromatic heterocycles. The van der Waals surface area contributed by atoms with Crippen LogP contribution in [0.2, 0.25) is 0 Å². The third-order valence-corrected chi connectivity index (χ3v) is 4.24. The first-order valence-corrected chi connectivity index (χ1v) is 7.55. The van der Waals surface area contributed by atoms with E-state index < -0.39 is 23.8 Å². The van der Waals surface area contributed by atoms with Crippen LogP contribution in [0.3, 0.4) is 0 Å². The second kappa shape index (κ2) is 7.15. The van der Waals surface area contributed by atoms with Gasteiger partial charge < -0.3 is 15.4 Å². The molecule has 122 valence electrons. The highest BCUT2D eigenvalue weighted by Crippen LogP contribution is 2.24. The van der Waals surface area contributed by atoms with Gasteiger partial charge in [0.2, 0.25) is 5.91 Å². The maximum Gasteiger partial charge on any atom is 0.239 e. The topological polar surface area (TPSA) is 55.6 Å². The van der Waals surface area contributed by atoms with E-state index in [0.29, 0.717) is 25.3 Å². The molecule has 22 heavy (non-hydrogen) atoms. The summed E-state index contributed by atoms with van der Waals surface area (Å²) in [7, 11) is 0. The Morgan fingerprint density at radius 2 is 2.18 bits per heavy atom. The number of ether oxygens (including phenoxy) is 1. The fraction of sp³-hybridized carbons (Fsp3) is 0.562. The van der Waals surface area contributed by atoms with Crippen LogP contribution in [-0.2, 0) is 9.53 Å². The Balaban J connectivity index is 2.08. The van der Waals surface area contributed by atoms with Crippen molar-refractivity contribution in [1.29, 1.82) is 0 Å². The van der Waals surface area contributed by atoms with Gasteiger partial charge in [-0.15, -0.1) is 0 Å². The smallest absolute Gasteiger partial charge is 0.239 e. The molecule has 0 radical (unpaired) electrons. The lowest BCUT2D eigenvalue weighted by Crippen LogP contribution is -2.51. The van der Waals surface area contributed by atoms with Gasteiger partial charge in [-0.25, -0.2) is 8.78 Å². The minimum atomic E-state index is -0.916. The van der Waals surface area contributed by atoms with Crippen molar-refractivity contribution in [3.05, 3.63) is 35.4 Å². The highest BCUT2D eigenvalue weighted by molar-refractivity contribution is 5.82. The van der Waals surface area contributed by atoms with Crippen molar-refractivity contribution in [3.8, 4) is 0 Å². The van der Waals surface area contributed by atoms with E-state index in [9.17, 15) is 13.6 Å². The molecule has 1 aliphatic rings. The zero-order valence-electron chi connectivity index (χ0n) is 12.9. The van der Waals surface area contributed by atoms with E-state index in [2.05, 4.69) is 0 Å². The molecule has 0 spiro atoms. The molecule has 1 aromatic carbocycles. The van der Waals surface area contributed by atoms with Gasteiger partial charge in [-0.2, -0.15) is 0 Å². The van der Waals surface area contributed by atoms with Crippen LogP contribution in [0.1, 0.15) is 31.9 Å². The predicted molar refractivity (Wildman–Crippen MR) is 79.1 cm³/mol. The Bertz CT molecular complexity index is 539. The first kappa shape index (κ1) is 16.8. The molecular weight excluding hydrogens is 290 g/mol. The van der Waals surface area contributed by atoms with Gasteiger partial charge in [-0.3, -0.25) is 4.79 Å². The van der Waals surface area contributed by atoms with E-state index in [1.165, 1.54) is 6.07 Å². The van der Waals surface area contributed by atoms with Crippen LogP contribution in [0.15, 0.2) is 18.2 Å². The molecule has 0 aliphatic carbocycles. The molecule has 2 rings (SSSR count). The molecular formula is C16H22F2N2O2. The number of hydrogen-bond acceptors (Lipinski definition) is 3. The molecule has 6 heteroatoms. The summed E-state index contributed by atoms with van der Waals surface area (Å²) < 4.78 is 31.9. The zero-order chi connectivity index (χ0) is 16.3. The van der Waals surface area contributed by atoms with Crippen LogP contribution in [0, 0.1) is 17.6 Å². The number of rotatable bonds is 4. The lowest BCUT2D eigenvalue weighted by Gasteiger charge is -2.35. The van der Waals surface area contributed by atoms with Crippen LogP contribution in [0.5, 0.6) is 0 Å². The molecule has 1 fully saturated rings. The molecule has 3 atom stereocenters. The van der Waals surface area contributed by atoms with E-state index in [-0.39, 0.29) is 11.8 Å². The highest BCUT2D eigenvalue weighted by atomic mass is 19.2. The molecule has 2 N–H and O–H groups in total. The molecule has 1 saturated heterocycles. The largest absolute Gasteiger partial charge is 0.370 e. The van der Waals surface area contributed by atoms with Gasteiger partial charge in [0, 0.05) is 6.54 Å². The summed E-state index contributed by atoms with van der Waals surface area (Å²) in [5.74, 6) is -1.84. The number of nitrogens with two attached hydrogens (primary N) is 1. The summed E-state index contributed by atoms with van der Waals surface area (Å²) in [4.78, 5) is 14.1. The molecule has 1 amide bonds. The van der Waals surface area contributed by atoms with Crippen molar-refractivity contribution >= 4 is 5.91 Å². The molecule has 1 aliphatic heterocycles. The summed E-state index contributed by atoms with van der Waals surface area (Å²) in [5.41, 5.74) is 6.51. The molecule has 3 unspecified atom stereocenters. The van der Waals surface area contributed by atoms with Gasteiger partial charge in [0.15, 0.2) is 11.6 Å². The van der Waals surface area contributed by atoms with Crippen molar-refractivity contribution < 1.29 is 18.3 Å². The van der Waals surface area contributed by atoms with E-state index >= 15 is 0 Å². The number of halogens is 2. The Kier molecular flexibility index (Phi) is 5.47. The average molecular weight is 312 g/mol. The van der Waals surface area contributed by atoms with Gasteiger partial charge in [0.25, 0.3) is 0 Å². The minimum absolute atomic E-state index is 0.0945. The standard InChI is InChI=1S/C16H22F2N2O2/c1-3-10(2)15(19)16(21)20-6-7-22-14(9-20)11-4-5-12(17)13(18)8-11/h4-5,8,10,14-15H,3,6-7,9,19H2,1-2H3. The van der Waals surface area contributed by atoms with Crippen molar-refractivity contribution in [2.75, 3.05) is 19.7 Å². The molecule has 0 saturated carbocycles. The van der Waals surface area contributed by atoms with Gasteiger partial charge in [-0.05, 0) is 23.6 Å². The Hall–Kier alpha value is -1.53. The number of amides is 1. The van der Waals surface area contributed by atoms with E-state index in [0.717, 1.165) is 18.6 Å². The van der Waals surface area contributed by atoms with Crippen molar-refractivity contribution in [3.63, 3.8) is 0 Å². The van der Waals surface area contributed by atoms with Gasteiger partial charge in [0.1, 0.15) is 6.10 Å². The van der Waals surface area contributed by atoms with Crippen LogP contribution in [0.4, 0.5) is 8.78 Å². The van der Waals surface area contributed by atoms with E-state index in [4.69, 9.17) is 10.5 Å². The van der Waals surface area contributed by atoms with Crippen LogP contribution < -0.4 is 5.73 Å². The number of benzene rings is 1. The number of hydrogen-bond donors (Lipinski definition) is 1. The third kappa shape index (κ3) is 3.62. The SMILES string of the molecule is CCC(C)C(N)C(=O)N1CCOC(c2ccc(F)c(F)c2)C1. The summed E-state index contributed by atoms with van der Waals surface area (Å²) >= 11 is 0. The summed E-state index contributed by atoms with van der Waals surface area (Å²) in [5, 5.41) is 0. The zero-order valence-corrected chi connectivity index (χ0v) is 12.9. The van der Waals surface area contributed by atoms with Gasteiger partial charge in [0.05, 0.1) is 19.2 Å². The quantitative estimate of drug-likeness (QED) is 0.927. The van der Waals surface area contributed by atoms with Crippen molar-refractivity contribution in [1.82, 2.24) is 4.90 Å². The molecule has 0 bridgehead atoms. The number of morpholine rings is 1. The monoisotopic (exact) mass is 312 g/mol.